The third-order valence-electron chi connectivity index (χ3n) is 4.34. The van der Waals surface area contributed by atoms with Crippen molar-refractivity contribution >= 4 is 22.1 Å². The maximum atomic E-state index is 4.50. The molecule has 0 unspecified atom stereocenters. The molecule has 0 saturated carbocycles. The van der Waals surface area contributed by atoms with E-state index in [1.807, 2.05) is 49.1 Å². The standard InChI is InChI=1S/C20H13N5/c1-2-18-17(16(5-8-22-18)13-3-6-21-7-4-13)9-14(1)15-10-19-20(23-11-15)25-12-24-19/h1-12H,(H,23,24,25). The molecule has 5 nitrogen and oxygen atoms in total. The maximum absolute atomic E-state index is 4.50. The normalized spacial score (nSPS) is 11.2. The van der Waals surface area contributed by atoms with Crippen LogP contribution in [0.4, 0.5) is 0 Å². The predicted octanol–water partition coefficient (Wildman–Crippen LogP) is 4.24. The Morgan fingerprint density at radius 3 is 2.56 bits per heavy atom. The average Bonchev–Trinajstić information content (AvgIpc) is 3.15. The van der Waals surface area contributed by atoms with E-state index in [1.165, 1.54) is 0 Å². The van der Waals surface area contributed by atoms with Crippen LogP contribution in [0.1, 0.15) is 0 Å². The monoisotopic (exact) mass is 323 g/mol. The fourth-order valence-corrected chi connectivity index (χ4v) is 3.10. The summed E-state index contributed by atoms with van der Waals surface area (Å²) < 4.78 is 0. The summed E-state index contributed by atoms with van der Waals surface area (Å²) in [7, 11) is 0. The minimum absolute atomic E-state index is 0.726. The molecule has 5 rings (SSSR count). The van der Waals surface area contributed by atoms with Crippen molar-refractivity contribution in [2.75, 3.05) is 0 Å². The molecule has 1 aromatic carbocycles. The van der Waals surface area contributed by atoms with Gasteiger partial charge in [-0.2, -0.15) is 0 Å². The van der Waals surface area contributed by atoms with Crippen molar-refractivity contribution in [3.8, 4) is 22.3 Å². The van der Waals surface area contributed by atoms with Crippen molar-refractivity contribution < 1.29 is 0 Å². The van der Waals surface area contributed by atoms with Crippen LogP contribution >= 0.6 is 0 Å². The summed E-state index contributed by atoms with van der Waals surface area (Å²) in [5.74, 6) is 0. The second kappa shape index (κ2) is 5.49. The van der Waals surface area contributed by atoms with Gasteiger partial charge in [-0.1, -0.05) is 6.07 Å². The average molecular weight is 323 g/mol. The van der Waals surface area contributed by atoms with E-state index in [9.17, 15) is 0 Å². The summed E-state index contributed by atoms with van der Waals surface area (Å²) >= 11 is 0. The van der Waals surface area contributed by atoms with E-state index in [-0.39, 0.29) is 0 Å². The molecule has 0 aliphatic carbocycles. The Morgan fingerprint density at radius 2 is 1.64 bits per heavy atom. The van der Waals surface area contributed by atoms with Gasteiger partial charge in [0.1, 0.15) is 0 Å². The molecular formula is C20H13N5. The Bertz CT molecular complexity index is 1190. The van der Waals surface area contributed by atoms with Crippen molar-refractivity contribution in [3.05, 3.63) is 73.6 Å². The molecule has 5 heteroatoms. The zero-order valence-electron chi connectivity index (χ0n) is 13.2. The SMILES string of the molecule is c1cc(-c2ccnc3ccc(-c4cnc5nc[nH]c5c4)cc23)ccn1. The highest BCUT2D eigenvalue weighted by Gasteiger charge is 2.08. The lowest BCUT2D eigenvalue weighted by Crippen LogP contribution is -1.87. The predicted molar refractivity (Wildman–Crippen MR) is 97.9 cm³/mol. The first-order valence-corrected chi connectivity index (χ1v) is 7.97. The van der Waals surface area contributed by atoms with Crippen molar-refractivity contribution in [2.24, 2.45) is 0 Å². The number of nitrogens with zero attached hydrogens (tertiary/aromatic N) is 4. The molecule has 1 N–H and O–H groups in total. The third kappa shape index (κ3) is 2.33. The first kappa shape index (κ1) is 13.8. The van der Waals surface area contributed by atoms with Crippen LogP contribution in [0.5, 0.6) is 0 Å². The number of fused-ring (bicyclic) bond motifs is 2. The molecule has 0 atom stereocenters. The minimum atomic E-state index is 0.726. The zero-order chi connectivity index (χ0) is 16.6. The molecule has 0 radical (unpaired) electrons. The van der Waals surface area contributed by atoms with Crippen LogP contribution in [0.25, 0.3) is 44.3 Å². The van der Waals surface area contributed by atoms with Crippen LogP contribution in [0.2, 0.25) is 0 Å². The van der Waals surface area contributed by atoms with Gasteiger partial charge in [0.2, 0.25) is 0 Å². The number of pyridine rings is 3. The van der Waals surface area contributed by atoms with E-state index in [1.54, 1.807) is 6.33 Å². The van der Waals surface area contributed by atoms with Crippen LogP contribution in [0.15, 0.2) is 73.6 Å². The minimum Gasteiger partial charge on any atom is -0.343 e. The van der Waals surface area contributed by atoms with Crippen molar-refractivity contribution in [2.45, 2.75) is 0 Å². The molecule has 0 fully saturated rings. The number of hydrogen-bond donors (Lipinski definition) is 1. The molecule has 5 aromatic rings. The highest BCUT2D eigenvalue weighted by molar-refractivity contribution is 5.97. The Balaban J connectivity index is 1.72. The largest absolute Gasteiger partial charge is 0.343 e. The number of nitrogens with one attached hydrogen (secondary N) is 1. The Morgan fingerprint density at radius 1 is 0.720 bits per heavy atom. The van der Waals surface area contributed by atoms with Gasteiger partial charge in [-0.3, -0.25) is 9.97 Å². The van der Waals surface area contributed by atoms with Crippen LogP contribution in [0.3, 0.4) is 0 Å². The van der Waals surface area contributed by atoms with E-state index in [0.29, 0.717) is 0 Å². The molecule has 0 aliphatic rings. The highest BCUT2D eigenvalue weighted by Crippen LogP contribution is 2.31. The summed E-state index contributed by atoms with van der Waals surface area (Å²) in [5.41, 5.74) is 7.03. The quantitative estimate of drug-likeness (QED) is 0.528. The number of benzene rings is 1. The zero-order valence-corrected chi connectivity index (χ0v) is 13.2. The Labute approximate surface area is 143 Å². The summed E-state index contributed by atoms with van der Waals surface area (Å²) in [6.45, 7) is 0. The van der Waals surface area contributed by atoms with Crippen LogP contribution in [-0.4, -0.2) is 24.9 Å². The molecule has 4 heterocycles. The summed E-state index contributed by atoms with van der Waals surface area (Å²) in [5, 5.41) is 1.11. The summed E-state index contributed by atoms with van der Waals surface area (Å²) in [4.78, 5) is 20.3. The lowest BCUT2D eigenvalue weighted by molar-refractivity contribution is 1.30. The molecule has 0 bridgehead atoms. The van der Waals surface area contributed by atoms with E-state index >= 15 is 0 Å². The number of imidazole rings is 1. The lowest BCUT2D eigenvalue weighted by atomic mass is 9.98. The van der Waals surface area contributed by atoms with E-state index < -0.39 is 0 Å². The van der Waals surface area contributed by atoms with Gasteiger partial charge in [0, 0.05) is 35.7 Å². The van der Waals surface area contributed by atoms with Crippen LogP contribution in [0, 0.1) is 0 Å². The topological polar surface area (TPSA) is 67.3 Å². The molecule has 0 aliphatic heterocycles. The first-order chi connectivity index (χ1) is 12.4. The third-order valence-corrected chi connectivity index (χ3v) is 4.34. The van der Waals surface area contributed by atoms with E-state index in [0.717, 1.165) is 44.3 Å². The number of aromatic nitrogens is 5. The number of rotatable bonds is 2. The van der Waals surface area contributed by atoms with E-state index in [4.69, 9.17) is 0 Å². The van der Waals surface area contributed by atoms with Gasteiger partial charge in [0.05, 0.1) is 17.4 Å². The smallest absolute Gasteiger partial charge is 0.177 e. The summed E-state index contributed by atoms with van der Waals surface area (Å²) in [6, 6.07) is 14.4. The molecule has 0 saturated heterocycles. The molecule has 4 aromatic heterocycles. The fraction of sp³-hybridized carbons (Fsp3) is 0. The second-order valence-corrected chi connectivity index (χ2v) is 5.82. The highest BCUT2D eigenvalue weighted by atomic mass is 14.9. The number of aromatic amines is 1. The first-order valence-electron chi connectivity index (χ1n) is 7.97. The molecular weight excluding hydrogens is 310 g/mol. The van der Waals surface area contributed by atoms with Crippen LogP contribution < -0.4 is 0 Å². The van der Waals surface area contributed by atoms with Crippen molar-refractivity contribution in [3.63, 3.8) is 0 Å². The number of H-pyrrole nitrogens is 1. The number of hydrogen-bond acceptors (Lipinski definition) is 4. The van der Waals surface area contributed by atoms with Gasteiger partial charge in [0.25, 0.3) is 0 Å². The Kier molecular flexibility index (Phi) is 3.03. The van der Waals surface area contributed by atoms with Crippen LogP contribution in [-0.2, 0) is 0 Å². The van der Waals surface area contributed by atoms with Gasteiger partial charge in [-0.15, -0.1) is 0 Å². The lowest BCUT2D eigenvalue weighted by Gasteiger charge is -2.08. The summed E-state index contributed by atoms with van der Waals surface area (Å²) in [6.07, 6.45) is 8.97. The molecule has 0 amide bonds. The molecule has 0 spiro atoms. The van der Waals surface area contributed by atoms with Gasteiger partial charge in [-0.25, -0.2) is 9.97 Å². The maximum Gasteiger partial charge on any atom is 0.177 e. The van der Waals surface area contributed by atoms with Gasteiger partial charge in [0.15, 0.2) is 5.65 Å². The molecule has 25 heavy (non-hydrogen) atoms. The van der Waals surface area contributed by atoms with E-state index in [2.05, 4.69) is 43.1 Å². The van der Waals surface area contributed by atoms with Gasteiger partial charge in [-0.05, 0) is 53.1 Å². The van der Waals surface area contributed by atoms with Crippen molar-refractivity contribution in [1.82, 2.24) is 24.9 Å². The second-order valence-electron chi connectivity index (χ2n) is 5.82. The van der Waals surface area contributed by atoms with Gasteiger partial charge < -0.3 is 4.98 Å². The Hall–Kier alpha value is -3.60. The van der Waals surface area contributed by atoms with Crippen molar-refractivity contribution in [1.29, 1.82) is 0 Å². The fourth-order valence-electron chi connectivity index (χ4n) is 3.10. The van der Waals surface area contributed by atoms with Gasteiger partial charge >= 0.3 is 0 Å². The molecule has 118 valence electrons.